The molecule has 2 aromatic carbocycles. The van der Waals surface area contributed by atoms with Crippen LogP contribution in [-0.4, -0.2) is 23.1 Å². The molecule has 1 N–H and O–H groups in total. The lowest BCUT2D eigenvalue weighted by Gasteiger charge is -2.31. The Balaban J connectivity index is 1.72. The fraction of sp³-hybridized carbons (Fsp3) is 0.273. The summed E-state index contributed by atoms with van der Waals surface area (Å²) in [4.78, 5) is 11.8. The van der Waals surface area contributed by atoms with E-state index >= 15 is 0 Å². The molecule has 0 radical (unpaired) electrons. The number of nitrogens with one attached hydrogen (secondary N) is 1. The van der Waals surface area contributed by atoms with Crippen LogP contribution < -0.4 is 10.2 Å². The molecule has 0 bridgehead atoms. The van der Waals surface area contributed by atoms with E-state index in [1.165, 1.54) is 18.6 Å². The summed E-state index contributed by atoms with van der Waals surface area (Å²) >= 11 is 0. The minimum atomic E-state index is -0.276. The van der Waals surface area contributed by atoms with Crippen LogP contribution in [0.25, 0.3) is 11.3 Å². The van der Waals surface area contributed by atoms with E-state index in [0.717, 1.165) is 36.7 Å². The quantitative estimate of drug-likeness (QED) is 0.687. The van der Waals surface area contributed by atoms with Gasteiger partial charge in [0.15, 0.2) is 0 Å². The summed E-state index contributed by atoms with van der Waals surface area (Å²) in [6.07, 6.45) is 2.38. The van der Waals surface area contributed by atoms with Crippen molar-refractivity contribution in [3.05, 3.63) is 66.5 Å². The second kappa shape index (κ2) is 7.74. The molecule has 0 aliphatic carbocycles. The average Bonchev–Trinajstić information content (AvgIpc) is 2.68. The third-order valence-corrected chi connectivity index (χ3v) is 4.82. The predicted molar refractivity (Wildman–Crippen MR) is 108 cm³/mol. The Morgan fingerprint density at radius 2 is 1.89 bits per heavy atom. The maximum absolute atomic E-state index is 13.5. The van der Waals surface area contributed by atoms with Gasteiger partial charge in [-0.2, -0.15) is 4.98 Å². The van der Waals surface area contributed by atoms with Crippen molar-refractivity contribution in [3.63, 3.8) is 0 Å². The number of rotatable bonds is 4. The van der Waals surface area contributed by atoms with Gasteiger partial charge in [-0.05, 0) is 37.0 Å². The first-order valence-electron chi connectivity index (χ1n) is 9.39. The Kier molecular flexibility index (Phi) is 5.01. The van der Waals surface area contributed by atoms with Gasteiger partial charge in [0.2, 0.25) is 5.95 Å². The minimum absolute atomic E-state index is 0.276. The molecule has 1 aromatic heterocycles. The molecule has 3 aromatic rings. The lowest BCUT2D eigenvalue weighted by atomic mass is 10.0. The topological polar surface area (TPSA) is 41.1 Å². The number of hydrogen-bond acceptors (Lipinski definition) is 4. The van der Waals surface area contributed by atoms with E-state index in [1.807, 2.05) is 42.5 Å². The van der Waals surface area contributed by atoms with Crippen molar-refractivity contribution in [3.8, 4) is 11.3 Å². The van der Waals surface area contributed by atoms with Gasteiger partial charge in [-0.25, -0.2) is 9.37 Å². The van der Waals surface area contributed by atoms with Crippen LogP contribution in [-0.2, 0) is 0 Å². The highest BCUT2D eigenvalue weighted by atomic mass is 19.1. The van der Waals surface area contributed by atoms with Gasteiger partial charge < -0.3 is 10.2 Å². The van der Waals surface area contributed by atoms with Gasteiger partial charge in [0.25, 0.3) is 0 Å². The van der Waals surface area contributed by atoms with Gasteiger partial charge >= 0.3 is 0 Å². The van der Waals surface area contributed by atoms with E-state index in [2.05, 4.69) is 17.1 Å². The van der Waals surface area contributed by atoms with E-state index in [9.17, 15) is 4.39 Å². The molecular weight excluding hydrogens is 339 g/mol. The van der Waals surface area contributed by atoms with Crippen LogP contribution in [0.3, 0.4) is 0 Å². The van der Waals surface area contributed by atoms with Crippen molar-refractivity contribution in [2.75, 3.05) is 23.3 Å². The van der Waals surface area contributed by atoms with Gasteiger partial charge in [0.05, 0.1) is 5.69 Å². The molecule has 1 fully saturated rings. The van der Waals surface area contributed by atoms with Crippen LogP contribution >= 0.6 is 0 Å². The smallest absolute Gasteiger partial charge is 0.227 e. The number of anilines is 3. The summed E-state index contributed by atoms with van der Waals surface area (Å²) in [5.41, 5.74) is 2.57. The highest BCUT2D eigenvalue weighted by molar-refractivity contribution is 5.67. The fourth-order valence-electron chi connectivity index (χ4n) is 3.48. The first-order valence-corrected chi connectivity index (χ1v) is 9.39. The van der Waals surface area contributed by atoms with Crippen LogP contribution in [0.4, 0.5) is 21.8 Å². The summed E-state index contributed by atoms with van der Waals surface area (Å²) in [7, 11) is 0. The maximum atomic E-state index is 13.5. The van der Waals surface area contributed by atoms with Crippen molar-refractivity contribution in [1.82, 2.24) is 9.97 Å². The number of piperidine rings is 1. The standard InChI is InChI=1S/C22H23FN4/c1-16-7-6-12-27(15-16)22-25-20(17-8-3-2-4-9-17)14-21(26-22)24-19-11-5-10-18(23)13-19/h2-5,8-11,13-14,16H,6-7,12,15H2,1H3,(H,24,25,26). The maximum Gasteiger partial charge on any atom is 0.227 e. The second-order valence-electron chi connectivity index (χ2n) is 7.13. The molecule has 1 unspecified atom stereocenters. The predicted octanol–water partition coefficient (Wildman–Crippen LogP) is 5.26. The highest BCUT2D eigenvalue weighted by Crippen LogP contribution is 2.27. The molecule has 0 amide bonds. The summed E-state index contributed by atoms with van der Waals surface area (Å²) in [6, 6.07) is 18.4. The zero-order valence-electron chi connectivity index (χ0n) is 15.4. The van der Waals surface area contributed by atoms with Crippen molar-refractivity contribution in [1.29, 1.82) is 0 Å². The molecular formula is C22H23FN4. The third kappa shape index (κ3) is 4.25. The monoisotopic (exact) mass is 362 g/mol. The van der Waals surface area contributed by atoms with Crippen LogP contribution in [0.15, 0.2) is 60.7 Å². The molecule has 1 aliphatic heterocycles. The number of hydrogen-bond donors (Lipinski definition) is 1. The molecule has 0 spiro atoms. The van der Waals surface area contributed by atoms with Gasteiger partial charge in [-0.1, -0.05) is 43.3 Å². The Bertz CT molecular complexity index is 913. The van der Waals surface area contributed by atoms with Gasteiger partial charge in [-0.3, -0.25) is 0 Å². The molecule has 4 nitrogen and oxygen atoms in total. The molecule has 27 heavy (non-hydrogen) atoms. The molecule has 0 saturated carbocycles. The molecule has 1 atom stereocenters. The first-order chi connectivity index (χ1) is 13.2. The van der Waals surface area contributed by atoms with Crippen molar-refractivity contribution < 1.29 is 4.39 Å². The van der Waals surface area contributed by atoms with E-state index in [0.29, 0.717) is 17.4 Å². The van der Waals surface area contributed by atoms with Crippen molar-refractivity contribution >= 4 is 17.5 Å². The van der Waals surface area contributed by atoms with Gasteiger partial charge in [-0.15, -0.1) is 0 Å². The Morgan fingerprint density at radius 1 is 1.04 bits per heavy atom. The van der Waals surface area contributed by atoms with Crippen LogP contribution in [0, 0.1) is 11.7 Å². The number of benzene rings is 2. The minimum Gasteiger partial charge on any atom is -0.340 e. The summed E-state index contributed by atoms with van der Waals surface area (Å²) in [5.74, 6) is 1.74. The second-order valence-corrected chi connectivity index (χ2v) is 7.13. The normalized spacial score (nSPS) is 17.0. The van der Waals surface area contributed by atoms with Crippen molar-refractivity contribution in [2.24, 2.45) is 5.92 Å². The van der Waals surface area contributed by atoms with E-state index in [1.54, 1.807) is 6.07 Å². The van der Waals surface area contributed by atoms with Crippen LogP contribution in [0.1, 0.15) is 19.8 Å². The number of halogens is 1. The van der Waals surface area contributed by atoms with E-state index in [4.69, 9.17) is 9.97 Å². The molecule has 138 valence electrons. The number of aromatic nitrogens is 2. The summed E-state index contributed by atoms with van der Waals surface area (Å²) in [5, 5.41) is 3.23. The Hall–Kier alpha value is -2.95. The third-order valence-electron chi connectivity index (χ3n) is 4.82. The van der Waals surface area contributed by atoms with E-state index in [-0.39, 0.29) is 5.82 Å². The van der Waals surface area contributed by atoms with Gasteiger partial charge in [0, 0.05) is 30.4 Å². The zero-order valence-corrected chi connectivity index (χ0v) is 15.4. The first kappa shape index (κ1) is 17.5. The molecule has 5 heteroatoms. The van der Waals surface area contributed by atoms with Crippen LogP contribution in [0.5, 0.6) is 0 Å². The zero-order chi connectivity index (χ0) is 18.6. The average molecular weight is 362 g/mol. The summed E-state index contributed by atoms with van der Waals surface area (Å²) in [6.45, 7) is 4.18. The largest absolute Gasteiger partial charge is 0.340 e. The molecule has 4 rings (SSSR count). The molecule has 2 heterocycles. The summed E-state index contributed by atoms with van der Waals surface area (Å²) < 4.78 is 13.5. The highest BCUT2D eigenvalue weighted by Gasteiger charge is 2.20. The van der Waals surface area contributed by atoms with Gasteiger partial charge in [0.1, 0.15) is 11.6 Å². The lowest BCUT2D eigenvalue weighted by molar-refractivity contribution is 0.442. The molecule has 1 aliphatic rings. The fourth-order valence-corrected chi connectivity index (χ4v) is 3.48. The van der Waals surface area contributed by atoms with Crippen LogP contribution in [0.2, 0.25) is 0 Å². The Morgan fingerprint density at radius 3 is 2.67 bits per heavy atom. The van der Waals surface area contributed by atoms with Crippen molar-refractivity contribution in [2.45, 2.75) is 19.8 Å². The molecule has 1 saturated heterocycles. The number of nitrogens with zero attached hydrogens (tertiary/aromatic N) is 3. The SMILES string of the molecule is CC1CCCN(c2nc(Nc3cccc(F)c3)cc(-c3ccccc3)n2)C1. The van der Waals surface area contributed by atoms with E-state index < -0.39 is 0 Å². The lowest BCUT2D eigenvalue weighted by Crippen LogP contribution is -2.35. The Labute approximate surface area is 159 Å².